The molecule has 0 amide bonds. The number of nitrogen functional groups attached to an aromatic ring is 1. The fourth-order valence-corrected chi connectivity index (χ4v) is 17.2. The molecule has 0 saturated carbocycles. The molecule has 1 unspecified atom stereocenters. The van der Waals surface area contributed by atoms with Crippen LogP contribution in [0.5, 0.6) is 0 Å². The van der Waals surface area contributed by atoms with Crippen molar-refractivity contribution in [3.63, 3.8) is 0 Å². The van der Waals surface area contributed by atoms with E-state index in [1.54, 1.807) is 6.20 Å². The van der Waals surface area contributed by atoms with Crippen molar-refractivity contribution in [1.82, 2.24) is 9.55 Å². The fraction of sp³-hybridized carbons (Fsp3) is 0.800. The number of nitrogens with two attached hydrogens (primary N) is 1. The number of hydrogen-bond acceptors (Lipinski definition) is 10. The largest absolute Gasteiger partial charge is 0.414 e. The number of ketones is 1. The maximum absolute atomic E-state index is 13.2. The molecule has 3 rings (SSSR count). The summed E-state index contributed by atoms with van der Waals surface area (Å²) >= 11 is 1.50. The lowest BCUT2D eigenvalue weighted by Gasteiger charge is -2.52. The Bertz CT molecular complexity index is 1020. The summed E-state index contributed by atoms with van der Waals surface area (Å²) in [5.41, 5.74) is 5.45. The van der Waals surface area contributed by atoms with Crippen LogP contribution in [-0.2, 0) is 27.2 Å². The number of Topliss-reactive ketones (excluding diaryl/α,β-unsaturated/α-hetero) is 1. The van der Waals surface area contributed by atoms with Crippen LogP contribution in [0.25, 0.3) is 0 Å². The second-order valence-corrected chi connectivity index (χ2v) is 21.1. The molecule has 0 aromatic carbocycles. The minimum absolute atomic E-state index is 0.0542. The van der Waals surface area contributed by atoms with Gasteiger partial charge in [0, 0.05) is 6.20 Å². The number of fused-ring (bicyclic) bond motifs is 1. The average molecular weight is 588 g/mol. The second kappa shape index (κ2) is 12.2. The molecular weight excluding hydrogens is 543 g/mol. The van der Waals surface area contributed by atoms with Crippen molar-refractivity contribution in [2.45, 2.75) is 115 Å². The van der Waals surface area contributed by atoms with Gasteiger partial charge in [-0.25, -0.2) is 4.79 Å². The summed E-state index contributed by atoms with van der Waals surface area (Å²) in [5, 5.41) is 0. The highest BCUT2D eigenvalue weighted by atomic mass is 32.2. The van der Waals surface area contributed by atoms with Crippen molar-refractivity contribution >= 4 is 40.5 Å². The lowest BCUT2D eigenvalue weighted by Crippen LogP contribution is -2.68. The first-order valence-corrected chi connectivity index (χ1v) is 18.7. The van der Waals surface area contributed by atoms with Crippen LogP contribution in [0.3, 0.4) is 0 Å². The smallest absolute Gasteiger partial charge is 0.351 e. The Morgan fingerprint density at radius 2 is 1.61 bits per heavy atom. The monoisotopic (exact) mass is 587 g/mol. The van der Waals surface area contributed by atoms with Gasteiger partial charge in [0.25, 0.3) is 0 Å². The molecular formula is C25H45N3O7SSi2. The Balaban J connectivity index is 2.27. The molecule has 5 atom stereocenters. The van der Waals surface area contributed by atoms with Crippen LogP contribution in [0.4, 0.5) is 5.82 Å². The molecule has 13 heteroatoms. The molecule has 0 bridgehead atoms. The Morgan fingerprint density at radius 1 is 1.05 bits per heavy atom. The van der Waals surface area contributed by atoms with Crippen molar-refractivity contribution in [3.8, 4) is 0 Å². The number of carbonyl (C=O) groups excluding carboxylic acids is 1. The summed E-state index contributed by atoms with van der Waals surface area (Å²) in [4.78, 5) is 30.0. The SMILES string of the molecule is CSCO[C@@H]1[C@@H]2O[Si](C(C)C)(C(C)C)O[Si](C(C)C)(C(C)C)OC(C(C)=O)[C@H]2O[C@H]1n1ccc(N)nc1=O. The minimum atomic E-state index is -3.04. The first-order valence-electron chi connectivity index (χ1n) is 13.4. The van der Waals surface area contributed by atoms with Crippen LogP contribution in [0.15, 0.2) is 17.1 Å². The summed E-state index contributed by atoms with van der Waals surface area (Å²) < 4.78 is 35.6. The first-order chi connectivity index (χ1) is 17.7. The van der Waals surface area contributed by atoms with Gasteiger partial charge < -0.3 is 28.2 Å². The number of thioether (sulfide) groups is 1. The highest BCUT2D eigenvalue weighted by molar-refractivity contribution is 7.98. The van der Waals surface area contributed by atoms with Gasteiger partial charge in [-0.15, -0.1) is 11.8 Å². The maximum Gasteiger partial charge on any atom is 0.351 e. The van der Waals surface area contributed by atoms with E-state index in [0.29, 0.717) is 5.94 Å². The molecule has 2 fully saturated rings. The average Bonchev–Trinajstić information content (AvgIpc) is 3.13. The van der Waals surface area contributed by atoms with Crippen LogP contribution in [0, 0.1) is 0 Å². The van der Waals surface area contributed by atoms with E-state index >= 15 is 0 Å². The van der Waals surface area contributed by atoms with Gasteiger partial charge in [0.05, 0.1) is 5.94 Å². The van der Waals surface area contributed by atoms with Gasteiger partial charge in [-0.05, 0) is 41.4 Å². The van der Waals surface area contributed by atoms with Crippen molar-refractivity contribution in [2.24, 2.45) is 0 Å². The molecule has 1 aromatic rings. The van der Waals surface area contributed by atoms with E-state index in [4.69, 9.17) is 28.2 Å². The number of hydrogen-bond donors (Lipinski definition) is 1. The van der Waals surface area contributed by atoms with Crippen LogP contribution < -0.4 is 11.4 Å². The normalized spacial score (nSPS) is 29.1. The van der Waals surface area contributed by atoms with E-state index < -0.39 is 53.5 Å². The standard InChI is InChI=1S/C25H45N3O7SSi2/c1-14(2)37(15(3)4)33-20(18(9)29)21-22(34-38(35-37,16(5)6)17(7)8)23(31-13-36-10)24(32-21)28-12-11-19(26)27-25(28)30/h11-12,14-17,20-24H,13H2,1-10H3,(H2,26,27,30)/t20?,21-,22-,23-,24-/m1/s1. The second-order valence-electron chi connectivity index (χ2n) is 11.5. The third-order valence-electron chi connectivity index (χ3n) is 7.60. The molecule has 2 aliphatic heterocycles. The number of carbonyl (C=O) groups is 1. The molecule has 0 spiro atoms. The number of nitrogens with zero attached hydrogens (tertiary/aromatic N) is 2. The van der Waals surface area contributed by atoms with Gasteiger partial charge in [-0.2, -0.15) is 4.98 Å². The van der Waals surface area contributed by atoms with Crippen LogP contribution in [-0.4, -0.2) is 69.1 Å². The van der Waals surface area contributed by atoms with Gasteiger partial charge in [0.1, 0.15) is 30.2 Å². The molecule has 10 nitrogen and oxygen atoms in total. The van der Waals surface area contributed by atoms with Crippen LogP contribution in [0.1, 0.15) is 68.5 Å². The Kier molecular flexibility index (Phi) is 10.1. The third kappa shape index (κ3) is 5.71. The Hall–Kier alpha value is -1.07. The van der Waals surface area contributed by atoms with Gasteiger partial charge in [0.2, 0.25) is 0 Å². The molecule has 0 aliphatic carbocycles. The van der Waals surface area contributed by atoms with Gasteiger partial charge >= 0.3 is 22.8 Å². The molecule has 38 heavy (non-hydrogen) atoms. The number of aromatic nitrogens is 2. The summed E-state index contributed by atoms with van der Waals surface area (Å²) in [7, 11) is -6.07. The highest BCUT2D eigenvalue weighted by Crippen LogP contribution is 2.50. The topological polar surface area (TPSA) is 124 Å². The van der Waals surface area contributed by atoms with Crippen molar-refractivity contribution in [2.75, 3.05) is 17.9 Å². The van der Waals surface area contributed by atoms with E-state index in [-0.39, 0.29) is 33.8 Å². The van der Waals surface area contributed by atoms with Gasteiger partial charge in [-0.3, -0.25) is 9.36 Å². The Labute approximate surface area is 232 Å². The third-order valence-corrected chi connectivity index (χ3v) is 18.2. The molecule has 2 saturated heterocycles. The zero-order chi connectivity index (χ0) is 28.6. The van der Waals surface area contributed by atoms with Crippen molar-refractivity contribution in [1.29, 1.82) is 0 Å². The fourth-order valence-electron chi connectivity index (χ4n) is 5.65. The van der Waals surface area contributed by atoms with Crippen molar-refractivity contribution < 1.29 is 27.2 Å². The van der Waals surface area contributed by atoms with E-state index in [9.17, 15) is 9.59 Å². The van der Waals surface area contributed by atoms with E-state index in [0.717, 1.165) is 0 Å². The molecule has 216 valence electrons. The lowest BCUT2D eigenvalue weighted by molar-refractivity contribution is -0.141. The summed E-state index contributed by atoms with van der Waals surface area (Å²) in [6.45, 7) is 18.4. The quantitative estimate of drug-likeness (QED) is 0.329. The first kappa shape index (κ1) is 31.5. The Morgan fingerprint density at radius 3 is 2.08 bits per heavy atom. The maximum atomic E-state index is 13.2. The molecule has 0 radical (unpaired) electrons. The highest BCUT2D eigenvalue weighted by Gasteiger charge is 2.64. The van der Waals surface area contributed by atoms with Crippen LogP contribution >= 0.6 is 11.8 Å². The zero-order valence-corrected chi connectivity index (χ0v) is 27.1. The van der Waals surface area contributed by atoms with E-state index in [1.807, 2.05) is 6.26 Å². The zero-order valence-electron chi connectivity index (χ0n) is 24.3. The number of ether oxygens (including phenoxy) is 2. The predicted molar refractivity (Wildman–Crippen MR) is 153 cm³/mol. The lowest BCUT2D eigenvalue weighted by atomic mass is 10.0. The minimum Gasteiger partial charge on any atom is -0.414 e. The molecule has 2 N–H and O–H groups in total. The molecule has 2 aliphatic rings. The number of anilines is 1. The number of rotatable bonds is 9. The van der Waals surface area contributed by atoms with E-state index in [2.05, 4.69) is 60.4 Å². The molecule has 1 aromatic heterocycles. The van der Waals surface area contributed by atoms with Crippen LogP contribution in [0.2, 0.25) is 22.2 Å². The van der Waals surface area contributed by atoms with Crippen molar-refractivity contribution in [3.05, 3.63) is 22.7 Å². The van der Waals surface area contributed by atoms with Gasteiger partial charge in [0.15, 0.2) is 12.0 Å². The molecule has 3 heterocycles. The predicted octanol–water partition coefficient (Wildman–Crippen LogP) is 4.34. The summed E-state index contributed by atoms with van der Waals surface area (Å²) in [6.07, 6.45) is -0.566. The summed E-state index contributed by atoms with van der Waals surface area (Å²) in [6, 6.07) is 1.54. The van der Waals surface area contributed by atoms with E-state index in [1.165, 1.54) is 29.3 Å². The summed E-state index contributed by atoms with van der Waals surface area (Å²) in [5.74, 6) is 0.276. The van der Waals surface area contributed by atoms with Gasteiger partial charge in [-0.1, -0.05) is 55.4 Å².